The molecule has 130 valence electrons. The SMILES string of the molecule is O=C(COc1ccc(Cl)c(Cl)c1)Nc1cccc(NC(=O)C2CC2)c1. The number of halogens is 2. The Morgan fingerprint density at radius 3 is 2.40 bits per heavy atom. The third kappa shape index (κ3) is 5.11. The van der Waals surface area contributed by atoms with Crippen LogP contribution in [-0.2, 0) is 9.59 Å². The minimum Gasteiger partial charge on any atom is -0.484 e. The van der Waals surface area contributed by atoms with Crippen LogP contribution in [0.25, 0.3) is 0 Å². The van der Waals surface area contributed by atoms with E-state index in [1.807, 2.05) is 0 Å². The number of hydrogen-bond donors (Lipinski definition) is 2. The summed E-state index contributed by atoms with van der Waals surface area (Å²) >= 11 is 11.7. The van der Waals surface area contributed by atoms with E-state index in [2.05, 4.69) is 10.6 Å². The van der Waals surface area contributed by atoms with Gasteiger partial charge < -0.3 is 15.4 Å². The van der Waals surface area contributed by atoms with Gasteiger partial charge in [-0.05, 0) is 43.2 Å². The van der Waals surface area contributed by atoms with Gasteiger partial charge in [0, 0.05) is 23.4 Å². The molecule has 1 aliphatic carbocycles. The molecule has 0 aromatic heterocycles. The summed E-state index contributed by atoms with van der Waals surface area (Å²) in [5.41, 5.74) is 1.23. The second-order valence-electron chi connectivity index (χ2n) is 5.76. The number of anilines is 2. The summed E-state index contributed by atoms with van der Waals surface area (Å²) in [7, 11) is 0. The largest absolute Gasteiger partial charge is 0.484 e. The van der Waals surface area contributed by atoms with Gasteiger partial charge in [0.25, 0.3) is 5.91 Å². The Balaban J connectivity index is 1.53. The molecule has 2 amide bonds. The van der Waals surface area contributed by atoms with E-state index in [-0.39, 0.29) is 24.3 Å². The van der Waals surface area contributed by atoms with Gasteiger partial charge in [-0.3, -0.25) is 9.59 Å². The molecule has 0 bridgehead atoms. The van der Waals surface area contributed by atoms with Crippen molar-refractivity contribution in [2.75, 3.05) is 17.2 Å². The van der Waals surface area contributed by atoms with Crippen molar-refractivity contribution in [1.29, 1.82) is 0 Å². The van der Waals surface area contributed by atoms with Crippen LogP contribution in [0.5, 0.6) is 5.75 Å². The van der Waals surface area contributed by atoms with E-state index >= 15 is 0 Å². The maximum absolute atomic E-state index is 12.0. The van der Waals surface area contributed by atoms with Gasteiger partial charge in [-0.15, -0.1) is 0 Å². The number of ether oxygens (including phenoxy) is 1. The fraction of sp³-hybridized carbons (Fsp3) is 0.222. The first-order valence-electron chi connectivity index (χ1n) is 7.80. The second-order valence-corrected chi connectivity index (χ2v) is 6.57. The van der Waals surface area contributed by atoms with E-state index < -0.39 is 0 Å². The first-order valence-corrected chi connectivity index (χ1v) is 8.55. The quantitative estimate of drug-likeness (QED) is 0.784. The monoisotopic (exact) mass is 378 g/mol. The lowest BCUT2D eigenvalue weighted by atomic mass is 10.2. The summed E-state index contributed by atoms with van der Waals surface area (Å²) in [6.07, 6.45) is 1.88. The van der Waals surface area contributed by atoms with Gasteiger partial charge in [-0.1, -0.05) is 29.3 Å². The van der Waals surface area contributed by atoms with Crippen molar-refractivity contribution in [2.24, 2.45) is 5.92 Å². The first-order chi connectivity index (χ1) is 12.0. The molecule has 2 aromatic rings. The zero-order valence-electron chi connectivity index (χ0n) is 13.2. The maximum atomic E-state index is 12.0. The lowest BCUT2D eigenvalue weighted by Crippen LogP contribution is -2.20. The van der Waals surface area contributed by atoms with Crippen LogP contribution in [0.15, 0.2) is 42.5 Å². The van der Waals surface area contributed by atoms with Crippen molar-refractivity contribution < 1.29 is 14.3 Å². The number of rotatable bonds is 6. The number of amides is 2. The minimum atomic E-state index is -0.322. The van der Waals surface area contributed by atoms with Gasteiger partial charge in [0.2, 0.25) is 5.91 Å². The highest BCUT2D eigenvalue weighted by atomic mass is 35.5. The molecule has 3 rings (SSSR count). The van der Waals surface area contributed by atoms with Gasteiger partial charge in [0.05, 0.1) is 10.0 Å². The molecule has 1 aliphatic rings. The summed E-state index contributed by atoms with van der Waals surface area (Å²) in [5.74, 6) is 0.274. The normalized spacial score (nSPS) is 13.2. The number of carbonyl (C=O) groups is 2. The molecule has 1 saturated carbocycles. The molecule has 0 radical (unpaired) electrons. The van der Waals surface area contributed by atoms with E-state index in [1.54, 1.807) is 42.5 Å². The topological polar surface area (TPSA) is 67.4 Å². The average Bonchev–Trinajstić information content (AvgIpc) is 3.41. The first kappa shape index (κ1) is 17.6. The fourth-order valence-electron chi connectivity index (χ4n) is 2.18. The van der Waals surface area contributed by atoms with E-state index in [0.717, 1.165) is 12.8 Å². The highest BCUT2D eigenvalue weighted by Crippen LogP contribution is 2.30. The number of hydrogen-bond acceptors (Lipinski definition) is 3. The van der Waals surface area contributed by atoms with Gasteiger partial charge in [-0.2, -0.15) is 0 Å². The summed E-state index contributed by atoms with van der Waals surface area (Å²) < 4.78 is 5.39. The predicted molar refractivity (Wildman–Crippen MR) is 98.4 cm³/mol. The Morgan fingerprint density at radius 2 is 1.72 bits per heavy atom. The zero-order valence-corrected chi connectivity index (χ0v) is 14.7. The van der Waals surface area contributed by atoms with Crippen molar-refractivity contribution >= 4 is 46.4 Å². The summed E-state index contributed by atoms with van der Waals surface area (Å²) in [6, 6.07) is 11.8. The fourth-order valence-corrected chi connectivity index (χ4v) is 2.47. The van der Waals surface area contributed by atoms with Crippen molar-refractivity contribution in [3.8, 4) is 5.75 Å². The van der Waals surface area contributed by atoms with E-state index in [9.17, 15) is 9.59 Å². The molecule has 0 aliphatic heterocycles. The molecular weight excluding hydrogens is 363 g/mol. The molecular formula is C18H16Cl2N2O3. The third-order valence-electron chi connectivity index (χ3n) is 3.62. The van der Waals surface area contributed by atoms with Crippen LogP contribution in [0.2, 0.25) is 10.0 Å². The second kappa shape index (κ2) is 7.76. The molecule has 0 atom stereocenters. The lowest BCUT2D eigenvalue weighted by molar-refractivity contribution is -0.118. The van der Waals surface area contributed by atoms with Crippen LogP contribution in [0.3, 0.4) is 0 Å². The van der Waals surface area contributed by atoms with Gasteiger partial charge >= 0.3 is 0 Å². The molecule has 0 heterocycles. The molecule has 2 N–H and O–H groups in total. The number of benzene rings is 2. The van der Waals surface area contributed by atoms with Crippen molar-refractivity contribution in [3.05, 3.63) is 52.5 Å². The van der Waals surface area contributed by atoms with Crippen LogP contribution in [0.1, 0.15) is 12.8 Å². The standard InChI is InChI=1S/C18H16Cl2N2O3/c19-15-7-6-14(9-16(15)20)25-10-17(23)21-12-2-1-3-13(8-12)22-18(24)11-4-5-11/h1-3,6-9,11H,4-5,10H2,(H,21,23)(H,22,24). The molecule has 1 fully saturated rings. The van der Waals surface area contributed by atoms with Crippen LogP contribution in [-0.4, -0.2) is 18.4 Å². The van der Waals surface area contributed by atoms with Gasteiger partial charge in [-0.25, -0.2) is 0 Å². The molecule has 0 saturated heterocycles. The molecule has 25 heavy (non-hydrogen) atoms. The number of carbonyl (C=O) groups excluding carboxylic acids is 2. The highest BCUT2D eigenvalue weighted by molar-refractivity contribution is 6.42. The van der Waals surface area contributed by atoms with Crippen LogP contribution < -0.4 is 15.4 Å². The van der Waals surface area contributed by atoms with E-state index in [1.165, 1.54) is 0 Å². The summed E-state index contributed by atoms with van der Waals surface area (Å²) in [6.45, 7) is -0.170. The third-order valence-corrected chi connectivity index (χ3v) is 4.36. The molecule has 7 heteroatoms. The Bertz CT molecular complexity index is 807. The van der Waals surface area contributed by atoms with Gasteiger partial charge in [0.1, 0.15) is 5.75 Å². The average molecular weight is 379 g/mol. The Kier molecular flexibility index (Phi) is 5.46. The van der Waals surface area contributed by atoms with E-state index in [4.69, 9.17) is 27.9 Å². The smallest absolute Gasteiger partial charge is 0.262 e. The zero-order chi connectivity index (χ0) is 17.8. The highest BCUT2D eigenvalue weighted by Gasteiger charge is 2.29. The molecule has 0 unspecified atom stereocenters. The predicted octanol–water partition coefficient (Wildman–Crippen LogP) is 4.36. The van der Waals surface area contributed by atoms with Crippen molar-refractivity contribution in [3.63, 3.8) is 0 Å². The van der Waals surface area contributed by atoms with Gasteiger partial charge in [0.15, 0.2) is 6.61 Å². The van der Waals surface area contributed by atoms with Crippen molar-refractivity contribution in [2.45, 2.75) is 12.8 Å². The molecule has 2 aromatic carbocycles. The number of nitrogens with one attached hydrogen (secondary N) is 2. The Morgan fingerprint density at radius 1 is 1.00 bits per heavy atom. The maximum Gasteiger partial charge on any atom is 0.262 e. The van der Waals surface area contributed by atoms with Crippen molar-refractivity contribution in [1.82, 2.24) is 0 Å². The molecule has 5 nitrogen and oxygen atoms in total. The molecule has 0 spiro atoms. The van der Waals surface area contributed by atoms with Crippen LogP contribution in [0.4, 0.5) is 11.4 Å². The lowest BCUT2D eigenvalue weighted by Gasteiger charge is -2.10. The van der Waals surface area contributed by atoms with E-state index in [0.29, 0.717) is 27.2 Å². The summed E-state index contributed by atoms with van der Waals surface area (Å²) in [5, 5.41) is 6.34. The summed E-state index contributed by atoms with van der Waals surface area (Å²) in [4.78, 5) is 23.8. The minimum absolute atomic E-state index is 0.0198. The van der Waals surface area contributed by atoms with Crippen LogP contribution in [0, 0.1) is 5.92 Å². The Hall–Kier alpha value is -2.24. The Labute approximate surface area is 155 Å². The van der Waals surface area contributed by atoms with Crippen LogP contribution >= 0.6 is 23.2 Å².